The van der Waals surface area contributed by atoms with Crippen LogP contribution in [-0.4, -0.2) is 49.1 Å². The first-order valence-electron chi connectivity index (χ1n) is 9.21. The summed E-state index contributed by atoms with van der Waals surface area (Å²) in [5, 5.41) is 0.600. The molecule has 0 radical (unpaired) electrons. The van der Waals surface area contributed by atoms with Crippen molar-refractivity contribution in [3.05, 3.63) is 53.6 Å². The second-order valence-corrected chi connectivity index (χ2v) is 6.86. The normalized spacial score (nSPS) is 16.8. The van der Waals surface area contributed by atoms with Crippen LogP contribution in [0.5, 0.6) is 11.5 Å². The van der Waals surface area contributed by atoms with Crippen LogP contribution in [0.2, 0.25) is 5.02 Å². The van der Waals surface area contributed by atoms with Crippen molar-refractivity contribution in [1.82, 2.24) is 4.90 Å². The first-order valence-corrected chi connectivity index (χ1v) is 9.59. The molecule has 7 heteroatoms. The van der Waals surface area contributed by atoms with Crippen molar-refractivity contribution in [1.29, 1.82) is 0 Å². The summed E-state index contributed by atoms with van der Waals surface area (Å²) in [6, 6.07) is 13.6. The quantitative estimate of drug-likeness (QED) is 0.743. The molecule has 0 N–H and O–H groups in total. The summed E-state index contributed by atoms with van der Waals surface area (Å²) < 4.78 is 11.0. The largest absolute Gasteiger partial charge is 0.494 e. The van der Waals surface area contributed by atoms with Crippen molar-refractivity contribution < 1.29 is 19.1 Å². The van der Waals surface area contributed by atoms with Crippen molar-refractivity contribution in [3.8, 4) is 11.5 Å². The maximum absolute atomic E-state index is 12.8. The Hall–Kier alpha value is -2.73. The minimum absolute atomic E-state index is 0.116. The number of benzene rings is 2. The molecule has 1 saturated heterocycles. The highest BCUT2D eigenvalue weighted by Gasteiger charge is 2.35. The third kappa shape index (κ3) is 4.57. The Morgan fingerprint density at radius 3 is 2.29 bits per heavy atom. The van der Waals surface area contributed by atoms with Crippen LogP contribution in [0.15, 0.2) is 48.5 Å². The summed E-state index contributed by atoms with van der Waals surface area (Å²) in [6.07, 6.45) is 0. The SMILES string of the molecule is CCOc1ccc(N2CCN(C(=O)COc3ccc(Cl)cc3)C(C)C2=O)cc1. The average Bonchev–Trinajstić information content (AvgIpc) is 2.70. The summed E-state index contributed by atoms with van der Waals surface area (Å²) in [6.45, 7) is 5.01. The van der Waals surface area contributed by atoms with Gasteiger partial charge in [-0.2, -0.15) is 0 Å². The lowest BCUT2D eigenvalue weighted by molar-refractivity contribution is -0.142. The van der Waals surface area contributed by atoms with E-state index in [1.54, 1.807) is 41.0 Å². The van der Waals surface area contributed by atoms with Crippen LogP contribution in [-0.2, 0) is 9.59 Å². The van der Waals surface area contributed by atoms with Gasteiger partial charge in [-0.15, -0.1) is 0 Å². The maximum atomic E-state index is 12.8. The molecule has 0 bridgehead atoms. The van der Waals surface area contributed by atoms with Gasteiger partial charge in [-0.3, -0.25) is 9.59 Å². The van der Waals surface area contributed by atoms with Crippen LogP contribution < -0.4 is 14.4 Å². The molecule has 28 heavy (non-hydrogen) atoms. The lowest BCUT2D eigenvalue weighted by Gasteiger charge is -2.39. The number of anilines is 1. The minimum Gasteiger partial charge on any atom is -0.494 e. The van der Waals surface area contributed by atoms with Crippen LogP contribution in [0.3, 0.4) is 0 Å². The van der Waals surface area contributed by atoms with E-state index in [0.29, 0.717) is 30.5 Å². The van der Waals surface area contributed by atoms with Crippen LogP contribution in [0, 0.1) is 0 Å². The summed E-state index contributed by atoms with van der Waals surface area (Å²) in [5.41, 5.74) is 0.796. The number of piperazine rings is 1. The number of rotatable bonds is 6. The van der Waals surface area contributed by atoms with Gasteiger partial charge < -0.3 is 19.3 Å². The number of hydrogen-bond acceptors (Lipinski definition) is 4. The number of nitrogens with zero attached hydrogens (tertiary/aromatic N) is 2. The molecule has 2 aromatic rings. The zero-order valence-electron chi connectivity index (χ0n) is 15.9. The second-order valence-electron chi connectivity index (χ2n) is 6.42. The van der Waals surface area contributed by atoms with Crippen molar-refractivity contribution in [2.75, 3.05) is 31.2 Å². The molecule has 6 nitrogen and oxygen atoms in total. The van der Waals surface area contributed by atoms with E-state index < -0.39 is 6.04 Å². The van der Waals surface area contributed by atoms with Gasteiger partial charge in [-0.05, 0) is 62.4 Å². The highest BCUT2D eigenvalue weighted by Crippen LogP contribution is 2.23. The smallest absolute Gasteiger partial charge is 0.261 e. The molecule has 0 saturated carbocycles. The first kappa shape index (κ1) is 20.0. The maximum Gasteiger partial charge on any atom is 0.261 e. The van der Waals surface area contributed by atoms with E-state index in [0.717, 1.165) is 11.4 Å². The monoisotopic (exact) mass is 402 g/mol. The molecule has 0 aliphatic carbocycles. The van der Waals surface area contributed by atoms with Gasteiger partial charge in [0, 0.05) is 23.8 Å². The Balaban J connectivity index is 1.60. The van der Waals surface area contributed by atoms with E-state index >= 15 is 0 Å². The Morgan fingerprint density at radius 2 is 1.64 bits per heavy atom. The number of carbonyl (C=O) groups excluding carboxylic acids is 2. The van der Waals surface area contributed by atoms with E-state index in [9.17, 15) is 9.59 Å². The molecule has 0 spiro atoms. The van der Waals surface area contributed by atoms with Crippen molar-refractivity contribution in [2.45, 2.75) is 19.9 Å². The molecule has 1 unspecified atom stereocenters. The van der Waals surface area contributed by atoms with Gasteiger partial charge in [0.1, 0.15) is 17.5 Å². The van der Waals surface area contributed by atoms with Crippen LogP contribution in [0.1, 0.15) is 13.8 Å². The molecule has 0 aromatic heterocycles. The third-order valence-electron chi connectivity index (χ3n) is 4.61. The average molecular weight is 403 g/mol. The Kier molecular flexibility index (Phi) is 6.41. The van der Waals surface area contributed by atoms with Gasteiger partial charge >= 0.3 is 0 Å². The number of carbonyl (C=O) groups is 2. The molecule has 2 amide bonds. The lowest BCUT2D eigenvalue weighted by atomic mass is 10.1. The molecule has 1 aliphatic heterocycles. The summed E-state index contributed by atoms with van der Waals surface area (Å²) in [5.74, 6) is 0.988. The molecule has 1 heterocycles. The number of amides is 2. The minimum atomic E-state index is -0.554. The lowest BCUT2D eigenvalue weighted by Crippen LogP contribution is -2.58. The van der Waals surface area contributed by atoms with E-state index in [2.05, 4.69) is 0 Å². The first-order chi connectivity index (χ1) is 13.5. The highest BCUT2D eigenvalue weighted by atomic mass is 35.5. The standard InChI is InChI=1S/C21H23ClN2O4/c1-3-27-18-10-6-17(7-11-18)24-13-12-23(15(2)21(24)26)20(25)14-28-19-8-4-16(22)5-9-19/h4-11,15H,3,12-14H2,1-2H3. The third-order valence-corrected chi connectivity index (χ3v) is 4.86. The molecule has 148 valence electrons. The topological polar surface area (TPSA) is 59.1 Å². The van der Waals surface area contributed by atoms with Gasteiger partial charge in [0.15, 0.2) is 6.61 Å². The summed E-state index contributed by atoms with van der Waals surface area (Å²) in [7, 11) is 0. The fourth-order valence-electron chi connectivity index (χ4n) is 3.12. The predicted molar refractivity (Wildman–Crippen MR) is 108 cm³/mol. The predicted octanol–water partition coefficient (Wildman–Crippen LogP) is 3.38. The van der Waals surface area contributed by atoms with Crippen molar-refractivity contribution in [2.24, 2.45) is 0 Å². The zero-order chi connectivity index (χ0) is 20.1. The van der Waals surface area contributed by atoms with Gasteiger partial charge in [0.05, 0.1) is 6.61 Å². The number of halogens is 1. The Labute approximate surface area is 169 Å². The van der Waals surface area contributed by atoms with Gasteiger partial charge in [-0.1, -0.05) is 11.6 Å². The number of ether oxygens (including phenoxy) is 2. The van der Waals surface area contributed by atoms with Crippen LogP contribution in [0.4, 0.5) is 5.69 Å². The number of hydrogen-bond donors (Lipinski definition) is 0. The van der Waals surface area contributed by atoms with E-state index in [1.807, 2.05) is 31.2 Å². The molecular formula is C21H23ClN2O4. The highest BCUT2D eigenvalue weighted by molar-refractivity contribution is 6.30. The van der Waals surface area contributed by atoms with Crippen LogP contribution in [0.25, 0.3) is 0 Å². The van der Waals surface area contributed by atoms with Crippen molar-refractivity contribution >= 4 is 29.1 Å². The second kappa shape index (κ2) is 8.97. The Bertz CT molecular complexity index is 823. The molecule has 1 atom stereocenters. The van der Waals surface area contributed by atoms with E-state index in [4.69, 9.17) is 21.1 Å². The molecular weight excluding hydrogens is 380 g/mol. The van der Waals surface area contributed by atoms with Gasteiger partial charge in [0.2, 0.25) is 5.91 Å². The van der Waals surface area contributed by atoms with E-state index in [1.165, 1.54) is 0 Å². The zero-order valence-corrected chi connectivity index (χ0v) is 16.7. The van der Waals surface area contributed by atoms with Gasteiger partial charge in [-0.25, -0.2) is 0 Å². The fraction of sp³-hybridized carbons (Fsp3) is 0.333. The van der Waals surface area contributed by atoms with Crippen molar-refractivity contribution in [3.63, 3.8) is 0 Å². The summed E-state index contributed by atoms with van der Waals surface area (Å²) >= 11 is 5.84. The van der Waals surface area contributed by atoms with Gasteiger partial charge in [0.25, 0.3) is 5.91 Å². The van der Waals surface area contributed by atoms with E-state index in [-0.39, 0.29) is 18.4 Å². The Morgan fingerprint density at radius 1 is 1.04 bits per heavy atom. The molecule has 3 rings (SSSR count). The van der Waals surface area contributed by atoms with Crippen LogP contribution >= 0.6 is 11.6 Å². The molecule has 1 aliphatic rings. The summed E-state index contributed by atoms with van der Waals surface area (Å²) in [4.78, 5) is 28.6. The molecule has 1 fully saturated rings. The fourth-order valence-corrected chi connectivity index (χ4v) is 3.24. The molecule has 2 aromatic carbocycles.